The highest BCUT2D eigenvalue weighted by molar-refractivity contribution is 7.99. The summed E-state index contributed by atoms with van der Waals surface area (Å²) in [5.41, 5.74) is 1.63. The number of carbonyl (C=O) groups is 1. The lowest BCUT2D eigenvalue weighted by atomic mass is 10.2. The van der Waals surface area contributed by atoms with Crippen molar-refractivity contribution in [2.45, 2.75) is 30.6 Å². The zero-order valence-electron chi connectivity index (χ0n) is 17.0. The summed E-state index contributed by atoms with van der Waals surface area (Å²) in [5, 5.41) is 12.7. The number of para-hydroxylation sites is 1. The van der Waals surface area contributed by atoms with Crippen molar-refractivity contribution in [2.75, 3.05) is 17.7 Å². The van der Waals surface area contributed by atoms with Crippen LogP contribution < -0.4 is 5.32 Å². The number of halogens is 1. The second kappa shape index (κ2) is 9.35. The van der Waals surface area contributed by atoms with E-state index < -0.39 is 0 Å². The molecule has 10 heteroatoms. The predicted molar refractivity (Wildman–Crippen MR) is 123 cm³/mol. The summed E-state index contributed by atoms with van der Waals surface area (Å²) < 4.78 is 22.2. The van der Waals surface area contributed by atoms with Crippen LogP contribution in [0.1, 0.15) is 12.8 Å². The summed E-state index contributed by atoms with van der Waals surface area (Å²) in [7, 11) is 0. The van der Waals surface area contributed by atoms with E-state index in [4.69, 9.17) is 4.74 Å². The lowest BCUT2D eigenvalue weighted by molar-refractivity contribution is -0.113. The van der Waals surface area contributed by atoms with Crippen LogP contribution in [0, 0.1) is 5.82 Å². The number of nitrogens with one attached hydrogen (secondary N) is 1. The van der Waals surface area contributed by atoms with Crippen molar-refractivity contribution in [3.63, 3.8) is 0 Å². The van der Waals surface area contributed by atoms with Crippen LogP contribution in [0.2, 0.25) is 0 Å². The van der Waals surface area contributed by atoms with E-state index in [1.165, 1.54) is 35.2 Å². The SMILES string of the molecule is O=C(CSc1nnc(-c2ccc(F)cc2)n1C[C@H]1CCCO1)Nc1nc2ccccc2s1. The Hall–Kier alpha value is -2.82. The van der Waals surface area contributed by atoms with Gasteiger partial charge in [0.2, 0.25) is 5.91 Å². The first-order valence-electron chi connectivity index (χ1n) is 10.2. The Balaban J connectivity index is 1.31. The molecule has 3 heterocycles. The molecule has 0 bridgehead atoms. The molecule has 2 aromatic carbocycles. The van der Waals surface area contributed by atoms with Gasteiger partial charge in [0.1, 0.15) is 5.82 Å². The summed E-state index contributed by atoms with van der Waals surface area (Å²) in [4.78, 5) is 17.0. The van der Waals surface area contributed by atoms with E-state index >= 15 is 0 Å². The Morgan fingerprint density at radius 1 is 1.22 bits per heavy atom. The molecule has 1 fully saturated rings. The van der Waals surface area contributed by atoms with Crippen LogP contribution in [0.4, 0.5) is 9.52 Å². The quantitative estimate of drug-likeness (QED) is 0.398. The van der Waals surface area contributed by atoms with Gasteiger partial charge in [-0.25, -0.2) is 9.37 Å². The van der Waals surface area contributed by atoms with Gasteiger partial charge in [0.15, 0.2) is 16.1 Å². The Morgan fingerprint density at radius 3 is 2.84 bits per heavy atom. The summed E-state index contributed by atoms with van der Waals surface area (Å²) in [5.74, 6) is 0.335. The molecule has 4 aromatic rings. The summed E-state index contributed by atoms with van der Waals surface area (Å²) >= 11 is 2.75. The zero-order valence-corrected chi connectivity index (χ0v) is 18.7. The number of benzene rings is 2. The minimum Gasteiger partial charge on any atom is -0.376 e. The fourth-order valence-electron chi connectivity index (χ4n) is 3.58. The molecule has 2 aromatic heterocycles. The normalized spacial score (nSPS) is 16.0. The number of ether oxygens (including phenoxy) is 1. The number of anilines is 1. The van der Waals surface area contributed by atoms with Gasteiger partial charge in [-0.3, -0.25) is 9.36 Å². The third-order valence-corrected chi connectivity index (χ3v) is 7.02. The van der Waals surface area contributed by atoms with Crippen molar-refractivity contribution in [1.82, 2.24) is 19.7 Å². The van der Waals surface area contributed by atoms with E-state index in [9.17, 15) is 9.18 Å². The highest BCUT2D eigenvalue weighted by Crippen LogP contribution is 2.28. The molecule has 1 amide bonds. The van der Waals surface area contributed by atoms with Gasteiger partial charge in [0, 0.05) is 12.2 Å². The Morgan fingerprint density at radius 2 is 2.06 bits per heavy atom. The molecule has 0 unspecified atom stereocenters. The predicted octanol–water partition coefficient (Wildman–Crippen LogP) is 4.60. The Bertz CT molecular complexity index is 1200. The number of nitrogens with zero attached hydrogens (tertiary/aromatic N) is 4. The van der Waals surface area contributed by atoms with Crippen LogP contribution in [-0.2, 0) is 16.1 Å². The average molecular weight is 470 g/mol. The summed E-state index contributed by atoms with van der Waals surface area (Å²) in [6.07, 6.45) is 2.05. The highest BCUT2D eigenvalue weighted by atomic mass is 32.2. The lowest BCUT2D eigenvalue weighted by Gasteiger charge is -2.14. The number of aromatic nitrogens is 4. The number of fused-ring (bicyclic) bond motifs is 1. The van der Waals surface area contributed by atoms with Crippen LogP contribution in [0.15, 0.2) is 53.7 Å². The number of hydrogen-bond acceptors (Lipinski definition) is 7. The second-order valence-electron chi connectivity index (χ2n) is 7.38. The van der Waals surface area contributed by atoms with Crippen LogP contribution in [-0.4, -0.2) is 44.1 Å². The molecule has 164 valence electrons. The third kappa shape index (κ3) is 4.67. The molecule has 1 atom stereocenters. The first-order chi connectivity index (χ1) is 15.7. The zero-order chi connectivity index (χ0) is 21.9. The first-order valence-corrected chi connectivity index (χ1v) is 12.0. The largest absolute Gasteiger partial charge is 0.376 e. The molecule has 5 rings (SSSR count). The van der Waals surface area contributed by atoms with Crippen molar-refractivity contribution < 1.29 is 13.9 Å². The number of amides is 1. The average Bonchev–Trinajstić information content (AvgIpc) is 3.53. The van der Waals surface area contributed by atoms with Crippen LogP contribution in [0.5, 0.6) is 0 Å². The molecule has 7 nitrogen and oxygen atoms in total. The maximum atomic E-state index is 13.4. The second-order valence-corrected chi connectivity index (χ2v) is 9.36. The van der Waals surface area contributed by atoms with Gasteiger partial charge in [-0.2, -0.15) is 0 Å². The molecule has 0 aliphatic carbocycles. The van der Waals surface area contributed by atoms with Crippen molar-refractivity contribution >= 4 is 44.4 Å². The van der Waals surface area contributed by atoms with E-state index in [1.807, 2.05) is 28.8 Å². The number of carbonyl (C=O) groups excluding carboxylic acids is 1. The van der Waals surface area contributed by atoms with Gasteiger partial charge in [-0.05, 0) is 49.2 Å². The number of hydrogen-bond donors (Lipinski definition) is 1. The topological polar surface area (TPSA) is 81.9 Å². The van der Waals surface area contributed by atoms with Crippen LogP contribution in [0.25, 0.3) is 21.6 Å². The molecule has 0 radical (unpaired) electrons. The molecule has 1 aliphatic rings. The Kier molecular flexibility index (Phi) is 6.15. The van der Waals surface area contributed by atoms with E-state index in [2.05, 4.69) is 20.5 Å². The van der Waals surface area contributed by atoms with Crippen molar-refractivity contribution in [2.24, 2.45) is 0 Å². The maximum Gasteiger partial charge on any atom is 0.236 e. The Labute approximate surface area is 192 Å². The monoisotopic (exact) mass is 469 g/mol. The molecule has 1 aliphatic heterocycles. The van der Waals surface area contributed by atoms with E-state index in [0.29, 0.717) is 22.7 Å². The minimum absolute atomic E-state index is 0.0705. The summed E-state index contributed by atoms with van der Waals surface area (Å²) in [6, 6.07) is 13.9. The van der Waals surface area contributed by atoms with Gasteiger partial charge in [0.05, 0.1) is 28.6 Å². The fourth-order valence-corrected chi connectivity index (χ4v) is 5.21. The molecule has 0 saturated carbocycles. The molecule has 1 saturated heterocycles. The minimum atomic E-state index is -0.306. The highest BCUT2D eigenvalue weighted by Gasteiger charge is 2.22. The molecule has 1 N–H and O–H groups in total. The lowest BCUT2D eigenvalue weighted by Crippen LogP contribution is -2.18. The van der Waals surface area contributed by atoms with Gasteiger partial charge >= 0.3 is 0 Å². The molecule has 0 spiro atoms. The van der Waals surface area contributed by atoms with Crippen molar-refractivity contribution in [3.8, 4) is 11.4 Å². The smallest absolute Gasteiger partial charge is 0.236 e. The van der Waals surface area contributed by atoms with Gasteiger partial charge in [0.25, 0.3) is 0 Å². The maximum absolute atomic E-state index is 13.4. The van der Waals surface area contributed by atoms with Crippen LogP contribution in [0.3, 0.4) is 0 Å². The molecular formula is C22H20FN5O2S2. The fraction of sp³-hybridized carbons (Fsp3) is 0.273. The molecular weight excluding hydrogens is 449 g/mol. The number of rotatable bonds is 7. The van der Waals surface area contributed by atoms with Gasteiger partial charge in [-0.15, -0.1) is 10.2 Å². The van der Waals surface area contributed by atoms with E-state index in [1.54, 1.807) is 12.1 Å². The summed E-state index contributed by atoms with van der Waals surface area (Å²) in [6.45, 7) is 1.33. The van der Waals surface area contributed by atoms with E-state index in [-0.39, 0.29) is 23.6 Å². The van der Waals surface area contributed by atoms with E-state index in [0.717, 1.165) is 35.2 Å². The third-order valence-electron chi connectivity index (χ3n) is 5.10. The number of thiazole rings is 1. The standard InChI is InChI=1S/C22H20FN5O2S2/c23-15-9-7-14(8-10-15)20-26-27-22(28(20)12-16-4-3-11-30-16)31-13-19(29)25-21-24-17-5-1-2-6-18(17)32-21/h1-2,5-10,16H,3-4,11-13H2,(H,24,25,29)/t16-/m1/s1. The number of thioether (sulfide) groups is 1. The molecule has 32 heavy (non-hydrogen) atoms. The van der Waals surface area contributed by atoms with Crippen molar-refractivity contribution in [1.29, 1.82) is 0 Å². The first kappa shape index (κ1) is 21.0. The van der Waals surface area contributed by atoms with Gasteiger partial charge in [-0.1, -0.05) is 35.2 Å². The van der Waals surface area contributed by atoms with Gasteiger partial charge < -0.3 is 10.1 Å². The van der Waals surface area contributed by atoms with Crippen molar-refractivity contribution in [3.05, 3.63) is 54.3 Å². The van der Waals surface area contributed by atoms with Crippen LogP contribution >= 0.6 is 23.1 Å².